The fourth-order valence-corrected chi connectivity index (χ4v) is 6.62. The molecule has 1 heterocycles. The van der Waals surface area contributed by atoms with Crippen LogP contribution in [0.2, 0.25) is 0 Å². The Morgan fingerprint density at radius 1 is 0.966 bits per heavy atom. The van der Waals surface area contributed by atoms with Crippen molar-refractivity contribution in [3.8, 4) is 11.3 Å². The van der Waals surface area contributed by atoms with E-state index in [1.807, 2.05) is 18.2 Å². The third-order valence-corrected chi connectivity index (χ3v) is 7.54. The third-order valence-electron chi connectivity index (χ3n) is 7.54. The topological polar surface area (TPSA) is 55.1 Å². The van der Waals surface area contributed by atoms with Gasteiger partial charge in [0.2, 0.25) is 5.91 Å². The first-order valence-electron chi connectivity index (χ1n) is 10.9. The van der Waals surface area contributed by atoms with Crippen LogP contribution in [0.5, 0.6) is 0 Å². The average Bonchev–Trinajstić information content (AvgIpc) is 3.20. The van der Waals surface area contributed by atoms with E-state index < -0.39 is 0 Å². The number of fused-ring (bicyclic) bond motifs is 1. The number of amides is 1. The predicted octanol–water partition coefficient (Wildman–Crippen LogP) is 5.33. The van der Waals surface area contributed by atoms with E-state index in [2.05, 4.69) is 40.8 Å². The lowest BCUT2D eigenvalue weighted by molar-refractivity contribution is -0.146. The first-order chi connectivity index (χ1) is 14.2. The summed E-state index contributed by atoms with van der Waals surface area (Å²) >= 11 is 0. The van der Waals surface area contributed by atoms with Gasteiger partial charge in [-0.3, -0.25) is 4.79 Å². The molecule has 0 radical (unpaired) electrons. The van der Waals surface area contributed by atoms with Gasteiger partial charge in [0.1, 0.15) is 5.69 Å². The van der Waals surface area contributed by atoms with Crippen molar-refractivity contribution in [2.24, 2.45) is 23.2 Å². The number of benzene rings is 2. The fraction of sp³-hybridized carbons (Fsp3) is 0.440. The Balaban J connectivity index is 1.16. The third kappa shape index (κ3) is 2.97. The summed E-state index contributed by atoms with van der Waals surface area (Å²) in [6, 6.07) is 16.5. The molecule has 148 valence electrons. The van der Waals surface area contributed by atoms with Crippen LogP contribution in [-0.4, -0.2) is 11.1 Å². The zero-order valence-corrected chi connectivity index (χ0v) is 16.6. The van der Waals surface area contributed by atoms with Crippen LogP contribution < -0.4 is 5.32 Å². The Morgan fingerprint density at radius 2 is 1.66 bits per heavy atom. The van der Waals surface area contributed by atoms with E-state index in [9.17, 15) is 4.79 Å². The molecule has 0 atom stereocenters. The highest BCUT2D eigenvalue weighted by Crippen LogP contribution is 2.60. The number of nitrogens with zero attached hydrogens (tertiary/aromatic N) is 1. The van der Waals surface area contributed by atoms with Gasteiger partial charge in [-0.25, -0.2) is 0 Å². The molecular weight excluding hydrogens is 360 g/mol. The number of rotatable bonds is 4. The van der Waals surface area contributed by atoms with Crippen molar-refractivity contribution < 1.29 is 9.32 Å². The minimum atomic E-state index is -0.111. The number of aromatic nitrogens is 1. The molecule has 4 nitrogen and oxygen atoms in total. The van der Waals surface area contributed by atoms with Crippen molar-refractivity contribution in [1.82, 2.24) is 10.5 Å². The van der Waals surface area contributed by atoms with Crippen molar-refractivity contribution >= 4 is 16.7 Å². The molecule has 4 aliphatic carbocycles. The lowest BCUT2D eigenvalue weighted by atomic mass is 9.49. The van der Waals surface area contributed by atoms with Crippen molar-refractivity contribution in [3.05, 3.63) is 54.2 Å². The van der Waals surface area contributed by atoms with Crippen molar-refractivity contribution in [2.45, 2.75) is 45.1 Å². The molecule has 29 heavy (non-hydrogen) atoms. The summed E-state index contributed by atoms with van der Waals surface area (Å²) in [6.45, 7) is 0.442. The van der Waals surface area contributed by atoms with E-state index in [0.717, 1.165) is 54.0 Å². The van der Waals surface area contributed by atoms with Crippen LogP contribution in [0, 0.1) is 23.2 Å². The van der Waals surface area contributed by atoms with Crippen LogP contribution in [0.25, 0.3) is 22.1 Å². The van der Waals surface area contributed by atoms with E-state index in [4.69, 9.17) is 4.52 Å². The second-order valence-corrected chi connectivity index (χ2v) is 9.62. The molecule has 4 fully saturated rings. The van der Waals surface area contributed by atoms with Gasteiger partial charge >= 0.3 is 0 Å². The van der Waals surface area contributed by atoms with Crippen LogP contribution >= 0.6 is 0 Å². The van der Waals surface area contributed by atoms with Crippen molar-refractivity contribution in [1.29, 1.82) is 0 Å². The van der Waals surface area contributed by atoms with Gasteiger partial charge in [0.15, 0.2) is 5.76 Å². The molecule has 1 N–H and O–H groups in total. The molecule has 0 spiro atoms. The molecule has 4 bridgehead atoms. The maximum absolute atomic E-state index is 13.1. The Morgan fingerprint density at radius 3 is 2.38 bits per heavy atom. The van der Waals surface area contributed by atoms with Crippen molar-refractivity contribution in [3.63, 3.8) is 0 Å². The van der Waals surface area contributed by atoms with Crippen LogP contribution in [0.1, 0.15) is 44.2 Å². The molecule has 0 saturated heterocycles. The van der Waals surface area contributed by atoms with Gasteiger partial charge in [0.05, 0.1) is 6.54 Å². The highest BCUT2D eigenvalue weighted by Gasteiger charge is 2.54. The molecule has 2 aromatic carbocycles. The highest BCUT2D eigenvalue weighted by atomic mass is 16.5. The predicted molar refractivity (Wildman–Crippen MR) is 112 cm³/mol. The Bertz CT molecular complexity index is 1050. The zero-order chi connectivity index (χ0) is 19.4. The fourth-order valence-electron chi connectivity index (χ4n) is 6.62. The summed E-state index contributed by atoms with van der Waals surface area (Å²) in [4.78, 5) is 13.1. The van der Waals surface area contributed by atoms with Gasteiger partial charge in [-0.05, 0) is 73.1 Å². The second-order valence-electron chi connectivity index (χ2n) is 9.62. The molecule has 4 saturated carbocycles. The molecule has 1 amide bonds. The van der Waals surface area contributed by atoms with Crippen molar-refractivity contribution in [2.75, 3.05) is 0 Å². The summed E-state index contributed by atoms with van der Waals surface area (Å²) in [5.41, 5.74) is 1.68. The van der Waals surface area contributed by atoms with E-state index in [0.29, 0.717) is 6.54 Å². The number of carbonyl (C=O) groups is 1. The van der Waals surface area contributed by atoms with Crippen LogP contribution in [0.3, 0.4) is 0 Å². The highest BCUT2D eigenvalue weighted by molar-refractivity contribution is 5.86. The van der Waals surface area contributed by atoms with Gasteiger partial charge in [-0.2, -0.15) is 0 Å². The Hall–Kier alpha value is -2.62. The SMILES string of the molecule is O=C(NCc1cc(-c2ccc3ccccc3c2)on1)C12CC3CC(CC(C3)C1)C2. The first-order valence-corrected chi connectivity index (χ1v) is 10.9. The molecule has 4 heteroatoms. The molecule has 0 unspecified atom stereocenters. The molecule has 1 aromatic heterocycles. The lowest BCUT2D eigenvalue weighted by Crippen LogP contribution is -2.53. The van der Waals surface area contributed by atoms with Crippen LogP contribution in [0.4, 0.5) is 0 Å². The van der Waals surface area contributed by atoms with Gasteiger partial charge in [0.25, 0.3) is 0 Å². The molecule has 3 aromatic rings. The lowest BCUT2D eigenvalue weighted by Gasteiger charge is -2.55. The Kier molecular flexibility index (Phi) is 3.84. The molecule has 0 aliphatic heterocycles. The minimum absolute atomic E-state index is 0.111. The van der Waals surface area contributed by atoms with E-state index in [1.165, 1.54) is 30.0 Å². The maximum Gasteiger partial charge on any atom is 0.226 e. The maximum atomic E-state index is 13.1. The number of carbonyl (C=O) groups excluding carboxylic acids is 1. The normalized spacial score (nSPS) is 30.0. The van der Waals surface area contributed by atoms with Crippen LogP contribution in [0.15, 0.2) is 53.1 Å². The van der Waals surface area contributed by atoms with Crippen LogP contribution in [-0.2, 0) is 11.3 Å². The summed E-state index contributed by atoms with van der Waals surface area (Å²) in [7, 11) is 0. The summed E-state index contributed by atoms with van der Waals surface area (Å²) < 4.78 is 5.58. The summed E-state index contributed by atoms with van der Waals surface area (Å²) in [6.07, 6.45) is 7.32. The monoisotopic (exact) mass is 386 g/mol. The zero-order valence-electron chi connectivity index (χ0n) is 16.6. The smallest absolute Gasteiger partial charge is 0.226 e. The largest absolute Gasteiger partial charge is 0.356 e. The number of hydrogen-bond acceptors (Lipinski definition) is 3. The van der Waals surface area contributed by atoms with Gasteiger partial charge in [0, 0.05) is 17.0 Å². The standard InChI is InChI=1S/C25H26N2O2/c28-24(25-12-16-7-17(13-25)9-18(8-16)14-25)26-15-22-11-23(29-27-22)21-6-5-19-3-1-2-4-20(19)10-21/h1-6,10-11,16-18H,7-9,12-15H2,(H,26,28). The van der Waals surface area contributed by atoms with Gasteiger partial charge in [-0.1, -0.05) is 41.6 Å². The second kappa shape index (κ2) is 6.45. The van der Waals surface area contributed by atoms with E-state index in [-0.39, 0.29) is 11.3 Å². The number of hydrogen-bond donors (Lipinski definition) is 1. The van der Waals surface area contributed by atoms with E-state index in [1.54, 1.807) is 0 Å². The van der Waals surface area contributed by atoms with E-state index >= 15 is 0 Å². The molecule has 4 aliphatic rings. The summed E-state index contributed by atoms with van der Waals surface area (Å²) in [5, 5.41) is 9.78. The molecule has 7 rings (SSSR count). The summed E-state index contributed by atoms with van der Waals surface area (Å²) in [5.74, 6) is 3.32. The minimum Gasteiger partial charge on any atom is -0.356 e. The number of nitrogens with one attached hydrogen (secondary N) is 1. The van der Waals surface area contributed by atoms with Gasteiger partial charge in [-0.15, -0.1) is 0 Å². The first kappa shape index (κ1) is 17.3. The molecular formula is C25H26N2O2. The Labute approximate surface area is 170 Å². The average molecular weight is 386 g/mol. The van der Waals surface area contributed by atoms with Gasteiger partial charge < -0.3 is 9.84 Å². The quantitative estimate of drug-likeness (QED) is 0.659.